The predicted octanol–water partition coefficient (Wildman–Crippen LogP) is 3.89. The van der Waals surface area contributed by atoms with Crippen molar-refractivity contribution in [1.29, 1.82) is 0 Å². The van der Waals surface area contributed by atoms with Crippen molar-refractivity contribution in [1.82, 2.24) is 29.1 Å². The van der Waals surface area contributed by atoms with Gasteiger partial charge in [0, 0.05) is 32.0 Å². The zero-order valence-electron chi connectivity index (χ0n) is 19.4. The van der Waals surface area contributed by atoms with Crippen LogP contribution in [0.15, 0.2) is 47.7 Å². The van der Waals surface area contributed by atoms with E-state index in [1.807, 2.05) is 46.0 Å². The highest BCUT2D eigenvalue weighted by Crippen LogP contribution is 2.28. The van der Waals surface area contributed by atoms with Gasteiger partial charge in [0.2, 0.25) is 0 Å². The number of ether oxygens (including phenoxy) is 2. The number of benzene rings is 1. The molecule has 4 heterocycles. The monoisotopic (exact) mass is 448 g/mol. The molecule has 1 saturated heterocycles. The second kappa shape index (κ2) is 8.15. The van der Waals surface area contributed by atoms with Crippen molar-refractivity contribution in [2.75, 3.05) is 13.2 Å². The lowest BCUT2D eigenvalue weighted by Gasteiger charge is -2.22. The fourth-order valence-electron chi connectivity index (χ4n) is 4.00. The minimum absolute atomic E-state index is 0.0758. The van der Waals surface area contributed by atoms with Gasteiger partial charge < -0.3 is 9.47 Å². The second-order valence-electron chi connectivity index (χ2n) is 9.40. The molecule has 0 bridgehead atoms. The minimum atomic E-state index is -0.181. The fraction of sp³-hybridized carbons (Fsp3) is 0.417. The number of rotatable bonds is 4. The Kier molecular flexibility index (Phi) is 5.28. The molecule has 0 atom stereocenters. The first-order valence-corrected chi connectivity index (χ1v) is 11.2. The van der Waals surface area contributed by atoms with Crippen LogP contribution in [0.3, 0.4) is 0 Å². The maximum Gasteiger partial charge on any atom is 0.306 e. The third kappa shape index (κ3) is 4.04. The van der Waals surface area contributed by atoms with Crippen molar-refractivity contribution >= 4 is 11.0 Å². The summed E-state index contributed by atoms with van der Waals surface area (Å²) in [5.74, 6) is 0.598. The van der Waals surface area contributed by atoms with Gasteiger partial charge in [-0.2, -0.15) is 15.2 Å². The Hall–Kier alpha value is -3.46. The molecule has 9 nitrogen and oxygen atoms in total. The van der Waals surface area contributed by atoms with Crippen molar-refractivity contribution in [3.05, 3.63) is 53.2 Å². The summed E-state index contributed by atoms with van der Waals surface area (Å²) < 4.78 is 16.7. The summed E-state index contributed by atoms with van der Waals surface area (Å²) in [4.78, 5) is 17.6. The van der Waals surface area contributed by atoms with Crippen LogP contribution in [0.1, 0.15) is 39.7 Å². The molecule has 0 spiro atoms. The normalized spacial score (nSPS) is 15.3. The molecule has 1 aromatic carbocycles. The van der Waals surface area contributed by atoms with E-state index in [0.717, 1.165) is 24.0 Å². The van der Waals surface area contributed by atoms with Crippen molar-refractivity contribution in [3.8, 4) is 22.9 Å². The zero-order valence-corrected chi connectivity index (χ0v) is 19.4. The van der Waals surface area contributed by atoms with Gasteiger partial charge in [-0.3, -0.25) is 14.0 Å². The third-order valence-electron chi connectivity index (χ3n) is 6.00. The molecule has 0 radical (unpaired) electrons. The smallest absolute Gasteiger partial charge is 0.306 e. The largest absolute Gasteiger partial charge is 0.425 e. The van der Waals surface area contributed by atoms with Crippen LogP contribution >= 0.6 is 0 Å². The molecule has 1 aliphatic heterocycles. The Bertz CT molecular complexity index is 1340. The lowest BCUT2D eigenvalue weighted by Crippen LogP contribution is -2.23. The molecule has 1 fully saturated rings. The van der Waals surface area contributed by atoms with Gasteiger partial charge in [0.1, 0.15) is 11.1 Å². The van der Waals surface area contributed by atoms with E-state index in [1.54, 1.807) is 13.2 Å². The van der Waals surface area contributed by atoms with Gasteiger partial charge >= 0.3 is 6.01 Å². The highest BCUT2D eigenvalue weighted by atomic mass is 16.5. The Labute approximate surface area is 191 Å². The van der Waals surface area contributed by atoms with Crippen LogP contribution in [0, 0.1) is 0 Å². The van der Waals surface area contributed by atoms with Gasteiger partial charge in [0.15, 0.2) is 5.65 Å². The van der Waals surface area contributed by atoms with Crippen LogP contribution in [0.5, 0.6) is 11.8 Å². The summed E-state index contributed by atoms with van der Waals surface area (Å²) in [6.45, 7) is 7.71. The van der Waals surface area contributed by atoms with Gasteiger partial charge in [0.25, 0.3) is 5.56 Å². The Balaban J connectivity index is 1.43. The standard InChI is InChI=1S/C24H28N6O3/c1-24(2,3)29-15-17(13-25-29)16-5-7-19(8-6-16)33-23-27-21-20(22(31)28(23)4)14-26-30(21)18-9-11-32-12-10-18/h5-8,13-15,18H,9-12H2,1-4H3. The summed E-state index contributed by atoms with van der Waals surface area (Å²) in [6, 6.07) is 8.09. The molecule has 33 heavy (non-hydrogen) atoms. The first-order chi connectivity index (χ1) is 15.8. The van der Waals surface area contributed by atoms with Crippen LogP contribution in [-0.4, -0.2) is 42.3 Å². The van der Waals surface area contributed by atoms with Crippen molar-refractivity contribution in [2.45, 2.75) is 45.2 Å². The summed E-state index contributed by atoms with van der Waals surface area (Å²) in [5.41, 5.74) is 2.36. The van der Waals surface area contributed by atoms with Crippen molar-refractivity contribution in [2.24, 2.45) is 7.05 Å². The predicted molar refractivity (Wildman–Crippen MR) is 125 cm³/mol. The van der Waals surface area contributed by atoms with E-state index in [9.17, 15) is 4.79 Å². The van der Waals surface area contributed by atoms with E-state index in [2.05, 4.69) is 36.0 Å². The van der Waals surface area contributed by atoms with Crippen LogP contribution in [0.4, 0.5) is 0 Å². The molecule has 1 aliphatic rings. The zero-order chi connectivity index (χ0) is 23.2. The Morgan fingerprint density at radius 2 is 1.76 bits per heavy atom. The number of aromatic nitrogens is 6. The summed E-state index contributed by atoms with van der Waals surface area (Å²) in [7, 11) is 1.66. The summed E-state index contributed by atoms with van der Waals surface area (Å²) in [6.07, 6.45) is 7.18. The van der Waals surface area contributed by atoms with Gasteiger partial charge in [-0.25, -0.2) is 4.68 Å². The molecule has 0 N–H and O–H groups in total. The maximum atomic E-state index is 12.9. The van der Waals surface area contributed by atoms with E-state index in [4.69, 9.17) is 9.47 Å². The van der Waals surface area contributed by atoms with E-state index in [0.29, 0.717) is 30.0 Å². The molecule has 0 unspecified atom stereocenters. The van der Waals surface area contributed by atoms with Gasteiger partial charge in [-0.1, -0.05) is 12.1 Å². The minimum Gasteiger partial charge on any atom is -0.425 e. The van der Waals surface area contributed by atoms with Gasteiger partial charge in [-0.15, -0.1) is 0 Å². The Morgan fingerprint density at radius 3 is 2.42 bits per heavy atom. The second-order valence-corrected chi connectivity index (χ2v) is 9.40. The van der Waals surface area contributed by atoms with Crippen molar-refractivity contribution < 1.29 is 9.47 Å². The van der Waals surface area contributed by atoms with Crippen LogP contribution < -0.4 is 10.3 Å². The average molecular weight is 449 g/mol. The molecule has 0 aliphatic carbocycles. The van der Waals surface area contributed by atoms with Crippen LogP contribution in [0.2, 0.25) is 0 Å². The number of hydrogen-bond acceptors (Lipinski definition) is 6. The van der Waals surface area contributed by atoms with Gasteiger partial charge in [0.05, 0.1) is 24.0 Å². The highest BCUT2D eigenvalue weighted by molar-refractivity contribution is 5.74. The van der Waals surface area contributed by atoms with Crippen LogP contribution in [-0.2, 0) is 17.3 Å². The van der Waals surface area contributed by atoms with E-state index in [1.165, 1.54) is 4.57 Å². The van der Waals surface area contributed by atoms with Crippen LogP contribution in [0.25, 0.3) is 22.2 Å². The highest BCUT2D eigenvalue weighted by Gasteiger charge is 2.22. The fourth-order valence-corrected chi connectivity index (χ4v) is 4.00. The molecule has 5 rings (SSSR count). The molecule has 4 aromatic rings. The van der Waals surface area contributed by atoms with Crippen molar-refractivity contribution in [3.63, 3.8) is 0 Å². The molecular weight excluding hydrogens is 420 g/mol. The molecular formula is C24H28N6O3. The third-order valence-corrected chi connectivity index (χ3v) is 6.00. The first-order valence-electron chi connectivity index (χ1n) is 11.2. The lowest BCUT2D eigenvalue weighted by molar-refractivity contribution is 0.0673. The quantitative estimate of drug-likeness (QED) is 0.471. The topological polar surface area (TPSA) is 89.0 Å². The number of hydrogen-bond donors (Lipinski definition) is 0. The lowest BCUT2D eigenvalue weighted by atomic mass is 10.1. The molecule has 0 amide bonds. The molecule has 9 heteroatoms. The first kappa shape index (κ1) is 21.4. The number of nitrogens with zero attached hydrogens (tertiary/aromatic N) is 6. The molecule has 3 aromatic heterocycles. The molecule has 0 saturated carbocycles. The molecule has 172 valence electrons. The van der Waals surface area contributed by atoms with Gasteiger partial charge in [-0.05, 0) is 51.3 Å². The number of fused-ring (bicyclic) bond motifs is 1. The summed E-state index contributed by atoms with van der Waals surface area (Å²) in [5, 5.41) is 9.41. The Morgan fingerprint density at radius 1 is 1.03 bits per heavy atom. The van der Waals surface area contributed by atoms with E-state index in [-0.39, 0.29) is 23.2 Å². The van der Waals surface area contributed by atoms with E-state index >= 15 is 0 Å². The van der Waals surface area contributed by atoms with E-state index < -0.39 is 0 Å². The maximum absolute atomic E-state index is 12.9. The average Bonchev–Trinajstić information content (AvgIpc) is 3.46. The summed E-state index contributed by atoms with van der Waals surface area (Å²) >= 11 is 0. The SMILES string of the molecule is Cn1c(Oc2ccc(-c3cnn(C(C)(C)C)c3)cc2)nc2c(cnn2C2CCOCC2)c1=O.